The zero-order valence-corrected chi connectivity index (χ0v) is 10.5. The molecule has 1 saturated heterocycles. The van der Waals surface area contributed by atoms with E-state index in [1.54, 1.807) is 0 Å². The van der Waals surface area contributed by atoms with Gasteiger partial charge in [0.25, 0.3) is 0 Å². The highest BCUT2D eigenvalue weighted by molar-refractivity contribution is 5.47. The standard InChI is InChI=1S/C14H22N2O/c1-12-3-5-13(6-4-12)16-14(11-15)7-2-9-17-10-8-14/h3-6,16H,2,7-11,15H2,1H3. The largest absolute Gasteiger partial charge is 0.381 e. The van der Waals surface area contributed by atoms with Crippen molar-refractivity contribution in [3.05, 3.63) is 29.8 Å². The van der Waals surface area contributed by atoms with E-state index in [0.717, 1.165) is 38.2 Å². The molecule has 1 atom stereocenters. The molecule has 3 heteroatoms. The van der Waals surface area contributed by atoms with Crippen LogP contribution in [-0.4, -0.2) is 25.3 Å². The van der Waals surface area contributed by atoms with Crippen LogP contribution >= 0.6 is 0 Å². The molecule has 1 fully saturated rings. The lowest BCUT2D eigenvalue weighted by molar-refractivity contribution is 0.141. The number of nitrogens with one attached hydrogen (secondary N) is 1. The van der Waals surface area contributed by atoms with Crippen LogP contribution in [-0.2, 0) is 4.74 Å². The second-order valence-electron chi connectivity index (χ2n) is 4.94. The number of benzene rings is 1. The molecule has 1 unspecified atom stereocenters. The second-order valence-corrected chi connectivity index (χ2v) is 4.94. The van der Waals surface area contributed by atoms with Crippen molar-refractivity contribution in [2.75, 3.05) is 25.1 Å². The molecule has 0 spiro atoms. The van der Waals surface area contributed by atoms with Crippen LogP contribution in [0.25, 0.3) is 0 Å². The Morgan fingerprint density at radius 1 is 1.24 bits per heavy atom. The van der Waals surface area contributed by atoms with Crippen LogP contribution in [0.1, 0.15) is 24.8 Å². The van der Waals surface area contributed by atoms with E-state index in [2.05, 4.69) is 36.5 Å². The smallest absolute Gasteiger partial charge is 0.0518 e. The molecule has 2 rings (SSSR count). The van der Waals surface area contributed by atoms with Gasteiger partial charge in [-0.05, 0) is 38.3 Å². The fourth-order valence-electron chi connectivity index (χ4n) is 2.33. The minimum absolute atomic E-state index is 0.00571. The van der Waals surface area contributed by atoms with Gasteiger partial charge in [-0.3, -0.25) is 0 Å². The van der Waals surface area contributed by atoms with Crippen LogP contribution in [0.2, 0.25) is 0 Å². The summed E-state index contributed by atoms with van der Waals surface area (Å²) in [6.07, 6.45) is 3.14. The van der Waals surface area contributed by atoms with Crippen LogP contribution in [0.4, 0.5) is 5.69 Å². The number of aryl methyl sites for hydroxylation is 1. The topological polar surface area (TPSA) is 47.3 Å². The van der Waals surface area contributed by atoms with Crippen molar-refractivity contribution >= 4 is 5.69 Å². The number of nitrogens with two attached hydrogens (primary N) is 1. The summed E-state index contributed by atoms with van der Waals surface area (Å²) in [6, 6.07) is 8.50. The monoisotopic (exact) mass is 234 g/mol. The Balaban J connectivity index is 2.09. The quantitative estimate of drug-likeness (QED) is 0.843. The first-order chi connectivity index (χ1) is 8.24. The SMILES string of the molecule is Cc1ccc(NC2(CN)CCCOCC2)cc1. The van der Waals surface area contributed by atoms with Crippen molar-refractivity contribution in [2.24, 2.45) is 5.73 Å². The van der Waals surface area contributed by atoms with E-state index in [4.69, 9.17) is 10.5 Å². The normalized spacial score (nSPS) is 25.3. The molecular formula is C14H22N2O. The zero-order chi connectivity index (χ0) is 12.1. The average molecular weight is 234 g/mol. The minimum atomic E-state index is 0.00571. The molecule has 0 aliphatic carbocycles. The zero-order valence-electron chi connectivity index (χ0n) is 10.5. The van der Waals surface area contributed by atoms with Crippen LogP contribution in [0.15, 0.2) is 24.3 Å². The van der Waals surface area contributed by atoms with Gasteiger partial charge in [-0.25, -0.2) is 0 Å². The Morgan fingerprint density at radius 3 is 2.71 bits per heavy atom. The van der Waals surface area contributed by atoms with E-state index in [-0.39, 0.29) is 5.54 Å². The Kier molecular flexibility index (Phi) is 4.02. The Morgan fingerprint density at radius 2 is 2.00 bits per heavy atom. The second kappa shape index (κ2) is 5.52. The summed E-state index contributed by atoms with van der Waals surface area (Å²) in [7, 11) is 0. The van der Waals surface area contributed by atoms with E-state index < -0.39 is 0 Å². The van der Waals surface area contributed by atoms with Gasteiger partial charge in [0.05, 0.1) is 5.54 Å². The fraction of sp³-hybridized carbons (Fsp3) is 0.571. The summed E-state index contributed by atoms with van der Waals surface area (Å²) in [6.45, 7) is 4.42. The maximum Gasteiger partial charge on any atom is 0.0518 e. The van der Waals surface area contributed by atoms with E-state index in [9.17, 15) is 0 Å². The third-order valence-electron chi connectivity index (χ3n) is 3.52. The van der Waals surface area contributed by atoms with Crippen molar-refractivity contribution in [3.63, 3.8) is 0 Å². The van der Waals surface area contributed by atoms with Gasteiger partial charge < -0.3 is 15.8 Å². The Hall–Kier alpha value is -1.06. The van der Waals surface area contributed by atoms with Gasteiger partial charge in [-0.1, -0.05) is 17.7 Å². The Bertz CT molecular complexity index is 340. The van der Waals surface area contributed by atoms with Crippen molar-refractivity contribution in [1.29, 1.82) is 0 Å². The predicted molar refractivity (Wildman–Crippen MR) is 71.3 cm³/mol. The van der Waals surface area contributed by atoms with Gasteiger partial charge in [-0.15, -0.1) is 0 Å². The van der Waals surface area contributed by atoms with Crippen molar-refractivity contribution in [1.82, 2.24) is 0 Å². The van der Waals surface area contributed by atoms with Crippen molar-refractivity contribution < 1.29 is 4.74 Å². The highest BCUT2D eigenvalue weighted by Gasteiger charge is 2.29. The highest BCUT2D eigenvalue weighted by atomic mass is 16.5. The van der Waals surface area contributed by atoms with E-state index in [0.29, 0.717) is 6.54 Å². The van der Waals surface area contributed by atoms with Gasteiger partial charge in [-0.2, -0.15) is 0 Å². The van der Waals surface area contributed by atoms with Crippen molar-refractivity contribution in [2.45, 2.75) is 31.7 Å². The summed E-state index contributed by atoms with van der Waals surface area (Å²) in [4.78, 5) is 0. The van der Waals surface area contributed by atoms with Gasteiger partial charge in [0.15, 0.2) is 0 Å². The summed E-state index contributed by atoms with van der Waals surface area (Å²) >= 11 is 0. The molecule has 0 amide bonds. The van der Waals surface area contributed by atoms with E-state index in [1.165, 1.54) is 5.56 Å². The van der Waals surface area contributed by atoms with Crippen LogP contribution in [0.5, 0.6) is 0 Å². The number of hydrogen-bond donors (Lipinski definition) is 2. The molecule has 1 aliphatic heterocycles. The molecule has 94 valence electrons. The maximum atomic E-state index is 5.97. The average Bonchev–Trinajstić information content (AvgIpc) is 2.58. The molecule has 3 nitrogen and oxygen atoms in total. The molecule has 1 aromatic rings. The van der Waals surface area contributed by atoms with Gasteiger partial charge in [0, 0.05) is 25.4 Å². The lowest BCUT2D eigenvalue weighted by Crippen LogP contribution is -2.45. The summed E-state index contributed by atoms with van der Waals surface area (Å²) < 4.78 is 5.51. The van der Waals surface area contributed by atoms with Gasteiger partial charge >= 0.3 is 0 Å². The van der Waals surface area contributed by atoms with Crippen LogP contribution < -0.4 is 11.1 Å². The number of anilines is 1. The van der Waals surface area contributed by atoms with Gasteiger partial charge in [0.1, 0.15) is 0 Å². The summed E-state index contributed by atoms with van der Waals surface area (Å²) in [5.41, 5.74) is 8.41. The highest BCUT2D eigenvalue weighted by Crippen LogP contribution is 2.25. The third-order valence-corrected chi connectivity index (χ3v) is 3.52. The van der Waals surface area contributed by atoms with Crippen molar-refractivity contribution in [3.8, 4) is 0 Å². The third kappa shape index (κ3) is 3.20. The fourth-order valence-corrected chi connectivity index (χ4v) is 2.33. The molecule has 0 bridgehead atoms. The summed E-state index contributed by atoms with van der Waals surface area (Å²) in [5.74, 6) is 0. The Labute approximate surface area is 103 Å². The molecule has 3 N–H and O–H groups in total. The van der Waals surface area contributed by atoms with E-state index in [1.807, 2.05) is 0 Å². The maximum absolute atomic E-state index is 5.97. The molecule has 0 saturated carbocycles. The van der Waals surface area contributed by atoms with Crippen LogP contribution in [0, 0.1) is 6.92 Å². The molecular weight excluding hydrogens is 212 g/mol. The lowest BCUT2D eigenvalue weighted by atomic mass is 9.90. The molecule has 1 aliphatic rings. The first-order valence-corrected chi connectivity index (χ1v) is 6.37. The molecule has 0 radical (unpaired) electrons. The minimum Gasteiger partial charge on any atom is -0.381 e. The van der Waals surface area contributed by atoms with E-state index >= 15 is 0 Å². The lowest BCUT2D eigenvalue weighted by Gasteiger charge is -2.33. The number of ether oxygens (including phenoxy) is 1. The van der Waals surface area contributed by atoms with Gasteiger partial charge in [0.2, 0.25) is 0 Å². The first-order valence-electron chi connectivity index (χ1n) is 6.37. The first kappa shape index (κ1) is 12.4. The summed E-state index contributed by atoms with van der Waals surface area (Å²) in [5, 5.41) is 3.61. The predicted octanol–water partition coefficient (Wildman–Crippen LogP) is 2.30. The molecule has 0 aromatic heterocycles. The molecule has 1 aromatic carbocycles. The number of hydrogen-bond acceptors (Lipinski definition) is 3. The molecule has 1 heterocycles. The molecule has 17 heavy (non-hydrogen) atoms. The number of rotatable bonds is 3. The van der Waals surface area contributed by atoms with Crippen LogP contribution in [0.3, 0.4) is 0 Å².